The minimum Gasteiger partial charge on any atom is -0.477 e. The van der Waals surface area contributed by atoms with Crippen molar-refractivity contribution in [3.05, 3.63) is 22.2 Å². The van der Waals surface area contributed by atoms with Gasteiger partial charge in [-0.1, -0.05) is 6.92 Å². The SMILES string of the molecule is CCCOc1cc(=O)[nH]c(C2CC2)n1. The lowest BCUT2D eigenvalue weighted by Crippen LogP contribution is -2.11. The average molecular weight is 194 g/mol. The highest BCUT2D eigenvalue weighted by Crippen LogP contribution is 2.37. The molecule has 0 aliphatic heterocycles. The van der Waals surface area contributed by atoms with Gasteiger partial charge in [0.15, 0.2) is 0 Å². The molecule has 1 N–H and O–H groups in total. The lowest BCUT2D eigenvalue weighted by molar-refractivity contribution is 0.303. The number of nitrogens with one attached hydrogen (secondary N) is 1. The lowest BCUT2D eigenvalue weighted by Gasteiger charge is -2.04. The fraction of sp³-hybridized carbons (Fsp3) is 0.600. The largest absolute Gasteiger partial charge is 0.477 e. The van der Waals surface area contributed by atoms with Crippen molar-refractivity contribution in [2.45, 2.75) is 32.1 Å². The Balaban J connectivity index is 2.18. The Kier molecular flexibility index (Phi) is 2.52. The molecule has 0 bridgehead atoms. The van der Waals surface area contributed by atoms with E-state index in [1.165, 1.54) is 6.07 Å². The first-order valence-corrected chi connectivity index (χ1v) is 5.03. The predicted molar refractivity (Wildman–Crippen MR) is 52.6 cm³/mol. The van der Waals surface area contributed by atoms with Crippen molar-refractivity contribution in [1.29, 1.82) is 0 Å². The zero-order chi connectivity index (χ0) is 9.97. The second-order valence-corrected chi connectivity index (χ2v) is 3.59. The van der Waals surface area contributed by atoms with Crippen molar-refractivity contribution < 1.29 is 4.74 Å². The predicted octanol–water partition coefficient (Wildman–Crippen LogP) is 1.44. The first kappa shape index (κ1) is 9.24. The molecule has 0 saturated heterocycles. The van der Waals surface area contributed by atoms with Crippen LogP contribution in [0.3, 0.4) is 0 Å². The molecule has 1 fully saturated rings. The number of nitrogens with zero attached hydrogens (tertiary/aromatic N) is 1. The summed E-state index contributed by atoms with van der Waals surface area (Å²) >= 11 is 0. The Morgan fingerprint density at radius 3 is 3.07 bits per heavy atom. The first-order chi connectivity index (χ1) is 6.79. The Hall–Kier alpha value is -1.32. The Bertz CT molecular complexity index is 369. The van der Waals surface area contributed by atoms with Crippen molar-refractivity contribution in [2.75, 3.05) is 6.61 Å². The summed E-state index contributed by atoms with van der Waals surface area (Å²) in [5.74, 6) is 1.69. The maximum Gasteiger partial charge on any atom is 0.254 e. The molecule has 76 valence electrons. The third-order valence-corrected chi connectivity index (χ3v) is 2.15. The van der Waals surface area contributed by atoms with E-state index in [4.69, 9.17) is 4.74 Å². The van der Waals surface area contributed by atoms with Gasteiger partial charge in [-0.3, -0.25) is 4.79 Å². The molecule has 4 heteroatoms. The van der Waals surface area contributed by atoms with E-state index < -0.39 is 0 Å². The standard InChI is InChI=1S/C10H14N2O2/c1-2-5-14-9-6-8(13)11-10(12-9)7-3-4-7/h6-7H,2-5H2,1H3,(H,11,12,13). The Morgan fingerprint density at radius 1 is 1.64 bits per heavy atom. The van der Waals surface area contributed by atoms with Crippen LogP contribution in [-0.4, -0.2) is 16.6 Å². The highest BCUT2D eigenvalue weighted by molar-refractivity contribution is 5.13. The van der Waals surface area contributed by atoms with Gasteiger partial charge in [-0.2, -0.15) is 4.98 Å². The Morgan fingerprint density at radius 2 is 2.43 bits per heavy atom. The van der Waals surface area contributed by atoms with Gasteiger partial charge in [0.2, 0.25) is 5.88 Å². The van der Waals surface area contributed by atoms with E-state index in [9.17, 15) is 4.79 Å². The molecule has 4 nitrogen and oxygen atoms in total. The van der Waals surface area contributed by atoms with Crippen molar-refractivity contribution in [1.82, 2.24) is 9.97 Å². The number of aromatic nitrogens is 2. The second-order valence-electron chi connectivity index (χ2n) is 3.59. The molecule has 1 heterocycles. The maximum atomic E-state index is 11.2. The monoisotopic (exact) mass is 194 g/mol. The molecule has 14 heavy (non-hydrogen) atoms. The summed E-state index contributed by atoms with van der Waals surface area (Å²) in [6.45, 7) is 2.63. The zero-order valence-electron chi connectivity index (χ0n) is 8.25. The molecule has 1 aliphatic carbocycles. The number of aromatic amines is 1. The quantitative estimate of drug-likeness (QED) is 0.789. The van der Waals surface area contributed by atoms with E-state index in [1.54, 1.807) is 0 Å². The highest BCUT2D eigenvalue weighted by Gasteiger charge is 2.26. The van der Waals surface area contributed by atoms with Gasteiger partial charge in [0.05, 0.1) is 12.7 Å². The summed E-state index contributed by atoms with van der Waals surface area (Å²) in [5.41, 5.74) is -0.118. The van der Waals surface area contributed by atoms with Crippen LogP contribution in [0.2, 0.25) is 0 Å². The van der Waals surface area contributed by atoms with Crippen molar-refractivity contribution in [3.63, 3.8) is 0 Å². The van der Waals surface area contributed by atoms with E-state index in [0.29, 0.717) is 18.4 Å². The molecule has 1 aromatic rings. The lowest BCUT2D eigenvalue weighted by atomic mass is 10.4. The van der Waals surface area contributed by atoms with Crippen LogP contribution in [0.5, 0.6) is 5.88 Å². The van der Waals surface area contributed by atoms with E-state index >= 15 is 0 Å². The molecule has 0 amide bonds. The molecule has 2 rings (SSSR count). The molecule has 0 radical (unpaired) electrons. The van der Waals surface area contributed by atoms with Crippen molar-refractivity contribution in [2.24, 2.45) is 0 Å². The van der Waals surface area contributed by atoms with Crippen LogP contribution in [0.1, 0.15) is 37.9 Å². The van der Waals surface area contributed by atoms with Gasteiger partial charge in [-0.15, -0.1) is 0 Å². The molecule has 1 aliphatic rings. The summed E-state index contributed by atoms with van der Waals surface area (Å²) in [4.78, 5) is 18.2. The van der Waals surface area contributed by atoms with Crippen molar-refractivity contribution in [3.8, 4) is 5.88 Å². The van der Waals surface area contributed by atoms with Gasteiger partial charge in [0, 0.05) is 5.92 Å². The highest BCUT2D eigenvalue weighted by atomic mass is 16.5. The van der Waals surface area contributed by atoms with Crippen LogP contribution in [0.25, 0.3) is 0 Å². The number of rotatable bonds is 4. The summed E-state index contributed by atoms with van der Waals surface area (Å²) in [5, 5.41) is 0. The Labute approximate surface area is 82.3 Å². The summed E-state index contributed by atoms with van der Waals surface area (Å²) < 4.78 is 5.32. The van der Waals surface area contributed by atoms with Gasteiger partial charge < -0.3 is 9.72 Å². The molecular weight excluding hydrogens is 180 g/mol. The number of ether oxygens (including phenoxy) is 1. The van der Waals surface area contributed by atoms with Gasteiger partial charge in [-0.05, 0) is 19.3 Å². The number of hydrogen-bond donors (Lipinski definition) is 1. The van der Waals surface area contributed by atoms with Gasteiger partial charge >= 0.3 is 0 Å². The van der Waals surface area contributed by atoms with Gasteiger partial charge in [-0.25, -0.2) is 0 Å². The van der Waals surface area contributed by atoms with E-state index in [1.807, 2.05) is 6.92 Å². The molecular formula is C10H14N2O2. The van der Waals surface area contributed by atoms with Crippen LogP contribution < -0.4 is 10.3 Å². The third-order valence-electron chi connectivity index (χ3n) is 2.15. The van der Waals surface area contributed by atoms with E-state index in [-0.39, 0.29) is 5.56 Å². The van der Waals surface area contributed by atoms with Gasteiger partial charge in [0.1, 0.15) is 5.82 Å². The minimum atomic E-state index is -0.118. The fourth-order valence-electron chi connectivity index (χ4n) is 1.28. The number of hydrogen-bond acceptors (Lipinski definition) is 3. The van der Waals surface area contributed by atoms with Crippen LogP contribution in [0, 0.1) is 0 Å². The van der Waals surface area contributed by atoms with Crippen LogP contribution in [-0.2, 0) is 0 Å². The number of H-pyrrole nitrogens is 1. The van der Waals surface area contributed by atoms with Crippen LogP contribution in [0.4, 0.5) is 0 Å². The van der Waals surface area contributed by atoms with Gasteiger partial charge in [0.25, 0.3) is 5.56 Å². The second kappa shape index (κ2) is 3.82. The summed E-state index contributed by atoms with van der Waals surface area (Å²) in [6.07, 6.45) is 3.17. The normalized spacial score (nSPS) is 15.5. The van der Waals surface area contributed by atoms with E-state index in [2.05, 4.69) is 9.97 Å². The van der Waals surface area contributed by atoms with Crippen molar-refractivity contribution >= 4 is 0 Å². The smallest absolute Gasteiger partial charge is 0.254 e. The summed E-state index contributed by atoms with van der Waals surface area (Å²) in [6, 6.07) is 1.40. The van der Waals surface area contributed by atoms with Crippen LogP contribution >= 0.6 is 0 Å². The first-order valence-electron chi connectivity index (χ1n) is 5.03. The molecule has 1 saturated carbocycles. The fourth-order valence-corrected chi connectivity index (χ4v) is 1.28. The maximum absolute atomic E-state index is 11.2. The average Bonchev–Trinajstić information content (AvgIpc) is 2.97. The third kappa shape index (κ3) is 2.13. The molecule has 0 aromatic carbocycles. The van der Waals surface area contributed by atoms with E-state index in [0.717, 1.165) is 25.1 Å². The zero-order valence-corrected chi connectivity index (χ0v) is 8.25. The molecule has 0 spiro atoms. The molecule has 0 unspecified atom stereocenters. The minimum absolute atomic E-state index is 0.118. The topological polar surface area (TPSA) is 55.0 Å². The molecule has 1 aromatic heterocycles. The molecule has 0 atom stereocenters. The summed E-state index contributed by atoms with van der Waals surface area (Å²) in [7, 11) is 0. The van der Waals surface area contributed by atoms with Crippen LogP contribution in [0.15, 0.2) is 10.9 Å².